The van der Waals surface area contributed by atoms with Crippen LogP contribution in [-0.2, 0) is 15.7 Å². The Morgan fingerprint density at radius 1 is 1.27 bits per heavy atom. The van der Waals surface area contributed by atoms with E-state index in [0.29, 0.717) is 17.8 Å². The lowest BCUT2D eigenvalue weighted by Gasteiger charge is -2.47. The zero-order valence-electron chi connectivity index (χ0n) is 16.5. The Morgan fingerprint density at radius 3 is 2.80 bits per heavy atom. The van der Waals surface area contributed by atoms with Gasteiger partial charge in [0.15, 0.2) is 0 Å². The average Bonchev–Trinajstić information content (AvgIpc) is 2.72. The first kappa shape index (κ1) is 20.9. The van der Waals surface area contributed by atoms with Crippen molar-refractivity contribution in [3.05, 3.63) is 53.6 Å². The van der Waals surface area contributed by atoms with Crippen molar-refractivity contribution in [3.63, 3.8) is 0 Å². The predicted molar refractivity (Wildman–Crippen MR) is 108 cm³/mol. The summed E-state index contributed by atoms with van der Waals surface area (Å²) in [6.45, 7) is 0.483. The van der Waals surface area contributed by atoms with Crippen LogP contribution in [-0.4, -0.2) is 31.1 Å². The first-order chi connectivity index (χ1) is 14.3. The maximum atomic E-state index is 13.3. The van der Waals surface area contributed by atoms with E-state index in [1.54, 1.807) is 0 Å². The van der Waals surface area contributed by atoms with Gasteiger partial charge in [-0.25, -0.2) is 0 Å². The topological polar surface area (TPSA) is 76.4 Å². The Kier molecular flexibility index (Phi) is 5.88. The van der Waals surface area contributed by atoms with E-state index >= 15 is 0 Å². The van der Waals surface area contributed by atoms with E-state index in [-0.39, 0.29) is 30.5 Å². The molecule has 4 rings (SSSR count). The van der Waals surface area contributed by atoms with E-state index in [2.05, 4.69) is 22.8 Å². The Morgan fingerprint density at radius 2 is 2.10 bits per heavy atom. The van der Waals surface area contributed by atoms with Gasteiger partial charge in [0.05, 0.1) is 24.3 Å². The number of amides is 1. The third-order valence-electron chi connectivity index (χ3n) is 6.17. The van der Waals surface area contributed by atoms with Crippen molar-refractivity contribution < 1.29 is 22.7 Å². The van der Waals surface area contributed by atoms with E-state index in [4.69, 9.17) is 10.5 Å². The highest BCUT2D eigenvalue weighted by atomic mass is 19.4. The number of hydrogen-bond acceptors (Lipinski definition) is 4. The van der Waals surface area contributed by atoms with Crippen molar-refractivity contribution in [1.29, 1.82) is 0 Å². The van der Waals surface area contributed by atoms with Crippen LogP contribution in [0.15, 0.2) is 42.5 Å². The van der Waals surface area contributed by atoms with Gasteiger partial charge in [-0.05, 0) is 37.5 Å². The zero-order valence-corrected chi connectivity index (χ0v) is 16.5. The molecule has 1 unspecified atom stereocenters. The van der Waals surface area contributed by atoms with Gasteiger partial charge < -0.3 is 21.1 Å². The predicted octanol–water partition coefficient (Wildman–Crippen LogP) is 3.54. The molecule has 1 saturated heterocycles. The van der Waals surface area contributed by atoms with Gasteiger partial charge in [0.1, 0.15) is 0 Å². The van der Waals surface area contributed by atoms with Gasteiger partial charge >= 0.3 is 6.18 Å². The van der Waals surface area contributed by atoms with Crippen LogP contribution in [0, 0.1) is 11.8 Å². The Labute approximate surface area is 173 Å². The molecule has 162 valence electrons. The molecule has 1 fully saturated rings. The molecule has 1 aromatic carbocycles. The molecular formula is C22H26F3N3O2. The van der Waals surface area contributed by atoms with E-state index in [9.17, 15) is 18.0 Å². The molecule has 30 heavy (non-hydrogen) atoms. The zero-order chi connectivity index (χ0) is 21.3. The largest absolute Gasteiger partial charge is 0.416 e. The second-order valence-electron chi connectivity index (χ2n) is 8.20. The number of benzene rings is 1. The normalized spacial score (nSPS) is 30.3. The summed E-state index contributed by atoms with van der Waals surface area (Å²) in [5.74, 6) is -0.136. The van der Waals surface area contributed by atoms with Crippen molar-refractivity contribution in [1.82, 2.24) is 5.32 Å². The minimum atomic E-state index is -4.41. The average molecular weight is 421 g/mol. The number of anilines is 1. The molecule has 0 aromatic heterocycles. The van der Waals surface area contributed by atoms with E-state index < -0.39 is 23.8 Å². The maximum absolute atomic E-state index is 13.3. The fourth-order valence-corrected chi connectivity index (χ4v) is 4.77. The second kappa shape index (κ2) is 8.43. The van der Waals surface area contributed by atoms with E-state index in [1.807, 2.05) is 12.2 Å². The van der Waals surface area contributed by atoms with Gasteiger partial charge in [-0.1, -0.05) is 24.3 Å². The van der Waals surface area contributed by atoms with Gasteiger partial charge in [0.2, 0.25) is 5.91 Å². The number of nitrogens with one attached hydrogen (secondary N) is 2. The van der Waals surface area contributed by atoms with Crippen LogP contribution in [0.1, 0.15) is 36.5 Å². The first-order valence-electron chi connectivity index (χ1n) is 10.3. The molecule has 4 N–H and O–H groups in total. The van der Waals surface area contributed by atoms with Crippen LogP contribution in [0.4, 0.5) is 18.9 Å². The fraction of sp³-hybridized carbons (Fsp3) is 0.500. The number of alkyl halides is 3. The number of allylic oxidation sites excluding steroid dienone is 3. The standard InChI is InChI=1S/C22H26F3N3O2/c23-22(24,25)14-6-9-18-17(10-14)21-16(20(28-18)13-4-2-1-3-5-13)8-7-15(30-21)11-27-12-19(26)29/h1-4,6,9-10,13,15-16,20-21,27-28H,5,7-8,11-12H2,(H2,26,29)/t13?,15-,16+,20+,21+/m1/s1. The van der Waals surface area contributed by atoms with Crippen LogP contribution in [0.5, 0.6) is 0 Å². The summed E-state index contributed by atoms with van der Waals surface area (Å²) in [6.07, 6.45) is 5.77. The van der Waals surface area contributed by atoms with Crippen LogP contribution >= 0.6 is 0 Å². The molecule has 0 bridgehead atoms. The van der Waals surface area contributed by atoms with Crippen molar-refractivity contribution in [2.45, 2.75) is 43.7 Å². The monoisotopic (exact) mass is 421 g/mol. The first-order valence-corrected chi connectivity index (χ1v) is 10.3. The summed E-state index contributed by atoms with van der Waals surface area (Å²) < 4.78 is 46.3. The molecule has 1 amide bonds. The van der Waals surface area contributed by atoms with Gasteiger partial charge in [0.25, 0.3) is 0 Å². The molecule has 2 heterocycles. The Bertz CT molecular complexity index is 853. The lowest BCUT2D eigenvalue weighted by molar-refractivity contribution is -0.138. The van der Waals surface area contributed by atoms with Crippen LogP contribution in [0.25, 0.3) is 0 Å². The lowest BCUT2D eigenvalue weighted by Crippen LogP contribution is -2.48. The minimum absolute atomic E-state index is 0.0478. The Hall–Kier alpha value is -2.32. The van der Waals surface area contributed by atoms with Gasteiger partial charge in [-0.2, -0.15) is 13.2 Å². The molecule has 1 aromatic rings. The van der Waals surface area contributed by atoms with E-state index in [0.717, 1.165) is 25.3 Å². The summed E-state index contributed by atoms with van der Waals surface area (Å²) in [6, 6.07) is 3.93. The highest BCUT2D eigenvalue weighted by Gasteiger charge is 2.44. The van der Waals surface area contributed by atoms with Gasteiger partial charge in [0, 0.05) is 35.7 Å². The number of fused-ring (bicyclic) bond motifs is 3. The highest BCUT2D eigenvalue weighted by Crippen LogP contribution is 2.49. The second-order valence-corrected chi connectivity index (χ2v) is 8.20. The third kappa shape index (κ3) is 4.39. The quantitative estimate of drug-likeness (QED) is 0.680. The molecule has 5 atom stereocenters. The van der Waals surface area contributed by atoms with Gasteiger partial charge in [-0.15, -0.1) is 0 Å². The van der Waals surface area contributed by atoms with Crippen molar-refractivity contribution in [2.75, 3.05) is 18.4 Å². The summed E-state index contributed by atoms with van der Waals surface area (Å²) in [5, 5.41) is 6.48. The number of halogens is 3. The molecule has 0 saturated carbocycles. The smallest absolute Gasteiger partial charge is 0.381 e. The molecule has 1 aliphatic carbocycles. The number of carbonyl (C=O) groups is 1. The summed E-state index contributed by atoms with van der Waals surface area (Å²) in [7, 11) is 0. The summed E-state index contributed by atoms with van der Waals surface area (Å²) in [4.78, 5) is 11.0. The molecule has 3 aliphatic rings. The SMILES string of the molecule is NC(=O)CNC[C@H]1CC[C@@H]2[C@H](O1)c1cc(C(F)(F)F)ccc1N[C@H]2C1C=CC=CC1. The fourth-order valence-electron chi connectivity index (χ4n) is 4.77. The molecule has 2 aliphatic heterocycles. The molecule has 0 spiro atoms. The molecular weight excluding hydrogens is 395 g/mol. The number of nitrogens with two attached hydrogens (primary N) is 1. The lowest BCUT2D eigenvalue weighted by atomic mass is 9.73. The van der Waals surface area contributed by atoms with E-state index in [1.165, 1.54) is 12.1 Å². The Balaban J connectivity index is 1.61. The molecule has 5 nitrogen and oxygen atoms in total. The van der Waals surface area contributed by atoms with Gasteiger partial charge in [-0.3, -0.25) is 4.79 Å². The number of primary amides is 1. The summed E-state index contributed by atoms with van der Waals surface area (Å²) in [5.41, 5.74) is 5.75. The maximum Gasteiger partial charge on any atom is 0.416 e. The van der Waals surface area contributed by atoms with Crippen LogP contribution in [0.3, 0.4) is 0 Å². The third-order valence-corrected chi connectivity index (χ3v) is 6.17. The van der Waals surface area contributed by atoms with Crippen molar-refractivity contribution >= 4 is 11.6 Å². The van der Waals surface area contributed by atoms with Crippen LogP contribution < -0.4 is 16.4 Å². The summed E-state index contributed by atoms with van der Waals surface area (Å²) >= 11 is 0. The van der Waals surface area contributed by atoms with Crippen molar-refractivity contribution in [2.24, 2.45) is 17.6 Å². The minimum Gasteiger partial charge on any atom is -0.381 e. The number of rotatable bonds is 5. The highest BCUT2D eigenvalue weighted by molar-refractivity contribution is 5.75. The molecule has 8 heteroatoms. The number of carbonyl (C=O) groups excluding carboxylic acids is 1. The van der Waals surface area contributed by atoms with Crippen LogP contribution in [0.2, 0.25) is 0 Å². The molecule has 0 radical (unpaired) electrons. The number of hydrogen-bond donors (Lipinski definition) is 3. The van der Waals surface area contributed by atoms with Crippen molar-refractivity contribution in [3.8, 4) is 0 Å². The number of ether oxygens (including phenoxy) is 1.